The lowest BCUT2D eigenvalue weighted by atomic mass is 10.2. The number of rotatable bonds is 6. The summed E-state index contributed by atoms with van der Waals surface area (Å²) in [6, 6.07) is 8.30. The van der Waals surface area contributed by atoms with Crippen molar-refractivity contribution in [2.45, 2.75) is 20.8 Å². The molecule has 3 heteroatoms. The largest absolute Gasteiger partial charge is 0.492 e. The molecule has 3 nitrogen and oxygen atoms in total. The Morgan fingerprint density at radius 2 is 1.60 bits per heavy atom. The average Bonchev–Trinajstić information content (AvgIpc) is 2.42. The highest BCUT2D eigenvalue weighted by atomic mass is 16.5. The second kappa shape index (κ2) is 7.65. The number of nitrogens with zero attached hydrogens (tertiary/aromatic N) is 2. The second-order valence-electron chi connectivity index (χ2n) is 6.20. The summed E-state index contributed by atoms with van der Waals surface area (Å²) in [6.45, 7) is 14.5. The summed E-state index contributed by atoms with van der Waals surface area (Å²) in [5, 5.41) is 0. The van der Waals surface area contributed by atoms with Gasteiger partial charge in [-0.15, -0.1) is 0 Å². The van der Waals surface area contributed by atoms with E-state index < -0.39 is 0 Å². The van der Waals surface area contributed by atoms with E-state index in [0.29, 0.717) is 0 Å². The highest BCUT2D eigenvalue weighted by molar-refractivity contribution is 5.26. The zero-order valence-electron chi connectivity index (χ0n) is 13.1. The zero-order chi connectivity index (χ0) is 14.4. The third-order valence-electron chi connectivity index (χ3n) is 3.79. The van der Waals surface area contributed by atoms with E-state index in [4.69, 9.17) is 4.74 Å². The van der Waals surface area contributed by atoms with Crippen molar-refractivity contribution in [3.63, 3.8) is 0 Å². The smallest absolute Gasteiger partial charge is 0.119 e. The first-order valence-corrected chi connectivity index (χ1v) is 7.77. The Morgan fingerprint density at radius 3 is 2.20 bits per heavy atom. The molecule has 1 saturated heterocycles. The van der Waals surface area contributed by atoms with Crippen LogP contribution in [0.5, 0.6) is 5.75 Å². The quantitative estimate of drug-likeness (QED) is 0.794. The molecule has 0 amide bonds. The molecule has 1 aliphatic rings. The molecule has 112 valence electrons. The van der Waals surface area contributed by atoms with Crippen molar-refractivity contribution < 1.29 is 4.74 Å². The second-order valence-corrected chi connectivity index (χ2v) is 6.20. The number of ether oxygens (including phenoxy) is 1. The summed E-state index contributed by atoms with van der Waals surface area (Å²) in [5.74, 6) is 1.75. The minimum absolute atomic E-state index is 0.770. The standard InChI is InChI=1S/C17H28N2O/c1-15(2)14-19-10-8-18(9-11-19)12-13-20-17-6-4-16(3)5-7-17/h4-7,15H,8-14H2,1-3H3. The summed E-state index contributed by atoms with van der Waals surface area (Å²) in [7, 11) is 0. The van der Waals surface area contributed by atoms with Gasteiger partial charge in [0.05, 0.1) is 0 Å². The van der Waals surface area contributed by atoms with E-state index in [9.17, 15) is 0 Å². The topological polar surface area (TPSA) is 15.7 Å². The number of hydrogen-bond acceptors (Lipinski definition) is 3. The summed E-state index contributed by atoms with van der Waals surface area (Å²) in [5.41, 5.74) is 1.28. The molecule has 0 spiro atoms. The van der Waals surface area contributed by atoms with Gasteiger partial charge in [0.2, 0.25) is 0 Å². The Kier molecular flexibility index (Phi) is 5.86. The summed E-state index contributed by atoms with van der Waals surface area (Å²) in [4.78, 5) is 5.08. The normalized spacial score (nSPS) is 17.6. The van der Waals surface area contributed by atoms with Crippen LogP contribution >= 0.6 is 0 Å². The van der Waals surface area contributed by atoms with Crippen LogP contribution in [-0.4, -0.2) is 55.7 Å². The maximum Gasteiger partial charge on any atom is 0.119 e. The molecule has 0 aliphatic carbocycles. The molecule has 20 heavy (non-hydrogen) atoms. The molecule has 1 heterocycles. The molecule has 0 N–H and O–H groups in total. The zero-order valence-corrected chi connectivity index (χ0v) is 13.1. The maximum atomic E-state index is 5.80. The molecular weight excluding hydrogens is 248 g/mol. The van der Waals surface area contributed by atoms with E-state index in [-0.39, 0.29) is 0 Å². The van der Waals surface area contributed by atoms with E-state index in [1.165, 1.54) is 38.3 Å². The van der Waals surface area contributed by atoms with Gasteiger partial charge < -0.3 is 9.64 Å². The summed E-state index contributed by atoms with van der Waals surface area (Å²) < 4.78 is 5.80. The molecule has 1 aromatic rings. The van der Waals surface area contributed by atoms with Gasteiger partial charge in [0.25, 0.3) is 0 Å². The Morgan fingerprint density at radius 1 is 1.00 bits per heavy atom. The predicted octanol–water partition coefficient (Wildman–Crippen LogP) is 2.65. The Labute approximate surface area is 123 Å². The molecule has 0 unspecified atom stereocenters. The minimum Gasteiger partial charge on any atom is -0.492 e. The van der Waals surface area contributed by atoms with Crippen LogP contribution in [0.25, 0.3) is 0 Å². The first kappa shape index (κ1) is 15.3. The highest BCUT2D eigenvalue weighted by Crippen LogP contribution is 2.11. The van der Waals surface area contributed by atoms with Gasteiger partial charge in [-0.1, -0.05) is 31.5 Å². The van der Waals surface area contributed by atoms with Crippen molar-refractivity contribution in [2.75, 3.05) is 45.9 Å². The molecule has 0 atom stereocenters. The maximum absolute atomic E-state index is 5.80. The van der Waals surface area contributed by atoms with Crippen molar-refractivity contribution in [3.8, 4) is 5.75 Å². The lowest BCUT2D eigenvalue weighted by molar-refractivity contribution is 0.109. The number of piperazine rings is 1. The van der Waals surface area contributed by atoms with Gasteiger partial charge in [-0.3, -0.25) is 4.90 Å². The molecule has 1 fully saturated rings. The van der Waals surface area contributed by atoms with E-state index in [0.717, 1.165) is 24.8 Å². The molecule has 0 bridgehead atoms. The Balaban J connectivity index is 1.62. The van der Waals surface area contributed by atoms with Gasteiger partial charge in [-0.05, 0) is 25.0 Å². The van der Waals surface area contributed by atoms with Crippen molar-refractivity contribution in [1.82, 2.24) is 9.80 Å². The average molecular weight is 276 g/mol. The SMILES string of the molecule is Cc1ccc(OCCN2CCN(CC(C)C)CC2)cc1. The van der Waals surface area contributed by atoms with Gasteiger partial charge in [-0.2, -0.15) is 0 Å². The molecule has 0 radical (unpaired) electrons. The van der Waals surface area contributed by atoms with E-state index in [2.05, 4.69) is 54.8 Å². The Bertz CT molecular complexity index is 380. The highest BCUT2D eigenvalue weighted by Gasteiger charge is 2.16. The fourth-order valence-corrected chi connectivity index (χ4v) is 2.64. The van der Waals surface area contributed by atoms with Gasteiger partial charge in [0, 0.05) is 39.3 Å². The fourth-order valence-electron chi connectivity index (χ4n) is 2.64. The van der Waals surface area contributed by atoms with Crippen LogP contribution in [-0.2, 0) is 0 Å². The van der Waals surface area contributed by atoms with Crippen LogP contribution in [0.3, 0.4) is 0 Å². The van der Waals surface area contributed by atoms with Gasteiger partial charge in [0.1, 0.15) is 12.4 Å². The first-order valence-electron chi connectivity index (χ1n) is 7.77. The molecular formula is C17H28N2O. The van der Waals surface area contributed by atoms with Gasteiger partial charge in [0.15, 0.2) is 0 Å². The van der Waals surface area contributed by atoms with Crippen molar-refractivity contribution in [2.24, 2.45) is 5.92 Å². The van der Waals surface area contributed by atoms with Gasteiger partial charge in [-0.25, -0.2) is 0 Å². The summed E-state index contributed by atoms with van der Waals surface area (Å²) >= 11 is 0. The van der Waals surface area contributed by atoms with E-state index >= 15 is 0 Å². The van der Waals surface area contributed by atoms with Crippen LogP contribution in [0, 0.1) is 12.8 Å². The lowest BCUT2D eigenvalue weighted by Gasteiger charge is -2.35. The summed E-state index contributed by atoms with van der Waals surface area (Å²) in [6.07, 6.45) is 0. The molecule has 1 aliphatic heterocycles. The molecule has 2 rings (SSSR count). The van der Waals surface area contributed by atoms with Crippen molar-refractivity contribution in [1.29, 1.82) is 0 Å². The van der Waals surface area contributed by atoms with Gasteiger partial charge >= 0.3 is 0 Å². The van der Waals surface area contributed by atoms with E-state index in [1.54, 1.807) is 0 Å². The Hall–Kier alpha value is -1.06. The first-order chi connectivity index (χ1) is 9.63. The number of aryl methyl sites for hydroxylation is 1. The van der Waals surface area contributed by atoms with Crippen molar-refractivity contribution in [3.05, 3.63) is 29.8 Å². The number of hydrogen-bond donors (Lipinski definition) is 0. The third kappa shape index (κ3) is 5.14. The number of benzene rings is 1. The van der Waals surface area contributed by atoms with Crippen LogP contribution in [0.2, 0.25) is 0 Å². The molecule has 0 aromatic heterocycles. The molecule has 0 saturated carbocycles. The van der Waals surface area contributed by atoms with Crippen LogP contribution in [0.15, 0.2) is 24.3 Å². The van der Waals surface area contributed by atoms with Crippen LogP contribution < -0.4 is 4.74 Å². The van der Waals surface area contributed by atoms with Crippen molar-refractivity contribution >= 4 is 0 Å². The lowest BCUT2D eigenvalue weighted by Crippen LogP contribution is -2.48. The predicted molar refractivity (Wildman–Crippen MR) is 84.4 cm³/mol. The minimum atomic E-state index is 0.770. The van der Waals surface area contributed by atoms with E-state index in [1.807, 2.05) is 0 Å². The van der Waals surface area contributed by atoms with Crippen LogP contribution in [0.4, 0.5) is 0 Å². The third-order valence-corrected chi connectivity index (χ3v) is 3.79. The molecule has 1 aromatic carbocycles. The monoisotopic (exact) mass is 276 g/mol. The fraction of sp³-hybridized carbons (Fsp3) is 0.647. The van der Waals surface area contributed by atoms with Crippen LogP contribution in [0.1, 0.15) is 19.4 Å².